The molecule has 1 aromatic rings. The quantitative estimate of drug-likeness (QED) is 0.736. The molecule has 0 radical (unpaired) electrons. The molecule has 0 aromatic heterocycles. The zero-order valence-electron chi connectivity index (χ0n) is 11.7. The number of rotatable bonds is 3. The summed E-state index contributed by atoms with van der Waals surface area (Å²) in [6.07, 6.45) is 10.8. The molecule has 0 bridgehead atoms. The molecule has 19 heavy (non-hydrogen) atoms. The second kappa shape index (κ2) is 5.90. The Labute approximate surface area is 116 Å². The number of hydrogen-bond donors (Lipinski definition) is 0. The molecule has 1 fully saturated rings. The van der Waals surface area contributed by atoms with Crippen LogP contribution in [-0.2, 0) is 17.6 Å². The van der Waals surface area contributed by atoms with E-state index in [1.54, 1.807) is 0 Å². The van der Waals surface area contributed by atoms with Crippen molar-refractivity contribution in [1.82, 2.24) is 0 Å². The first-order chi connectivity index (χ1) is 9.33. The van der Waals surface area contributed by atoms with E-state index in [-0.39, 0.29) is 5.92 Å². The predicted octanol–water partition coefficient (Wildman–Crippen LogP) is 4.33. The summed E-state index contributed by atoms with van der Waals surface area (Å²) in [5.41, 5.74) is 2.81. The molecule has 0 N–H and O–H groups in total. The third-order valence-electron chi connectivity index (χ3n) is 4.97. The van der Waals surface area contributed by atoms with Crippen LogP contribution in [0.3, 0.4) is 0 Å². The topological polar surface area (TPSA) is 17.1 Å². The van der Waals surface area contributed by atoms with Crippen molar-refractivity contribution in [2.45, 2.75) is 57.8 Å². The first-order valence-corrected chi connectivity index (χ1v) is 7.92. The minimum atomic E-state index is 0.278. The number of ketones is 1. The zero-order valence-corrected chi connectivity index (χ0v) is 11.7. The fourth-order valence-corrected chi connectivity index (χ4v) is 3.81. The highest BCUT2D eigenvalue weighted by Crippen LogP contribution is 2.31. The van der Waals surface area contributed by atoms with Crippen LogP contribution in [0.25, 0.3) is 0 Å². The van der Waals surface area contributed by atoms with E-state index in [0.717, 1.165) is 19.3 Å². The maximum atomic E-state index is 12.5. The molecule has 3 rings (SSSR count). The van der Waals surface area contributed by atoms with Gasteiger partial charge in [0.05, 0.1) is 0 Å². The van der Waals surface area contributed by atoms with Crippen molar-refractivity contribution in [2.24, 2.45) is 11.8 Å². The van der Waals surface area contributed by atoms with Crippen LogP contribution in [0.4, 0.5) is 0 Å². The maximum absolute atomic E-state index is 12.5. The van der Waals surface area contributed by atoms with Gasteiger partial charge in [-0.25, -0.2) is 0 Å². The molecule has 0 atom stereocenters. The number of hydrogen-bond acceptors (Lipinski definition) is 1. The zero-order chi connectivity index (χ0) is 13.1. The van der Waals surface area contributed by atoms with Gasteiger partial charge in [0, 0.05) is 12.3 Å². The molecule has 0 spiro atoms. The van der Waals surface area contributed by atoms with Crippen LogP contribution >= 0.6 is 0 Å². The fourth-order valence-electron chi connectivity index (χ4n) is 3.81. The van der Waals surface area contributed by atoms with Crippen molar-refractivity contribution in [2.75, 3.05) is 0 Å². The number of carbonyl (C=O) groups is 1. The SMILES string of the molecule is O=C(CC1CCCCCC1)C1Cc2ccccc2C1. The molecule has 0 unspecified atom stereocenters. The first kappa shape index (κ1) is 12.9. The minimum absolute atomic E-state index is 0.278. The average molecular weight is 256 g/mol. The number of carbonyl (C=O) groups excluding carboxylic acids is 1. The molecular weight excluding hydrogens is 232 g/mol. The Morgan fingerprint density at radius 2 is 1.53 bits per heavy atom. The van der Waals surface area contributed by atoms with E-state index in [1.165, 1.54) is 49.7 Å². The van der Waals surface area contributed by atoms with Gasteiger partial charge < -0.3 is 0 Å². The lowest BCUT2D eigenvalue weighted by Gasteiger charge is -2.15. The van der Waals surface area contributed by atoms with Crippen molar-refractivity contribution in [1.29, 1.82) is 0 Å². The Hall–Kier alpha value is -1.11. The van der Waals surface area contributed by atoms with Crippen molar-refractivity contribution in [3.8, 4) is 0 Å². The van der Waals surface area contributed by atoms with Crippen LogP contribution in [0.15, 0.2) is 24.3 Å². The molecule has 2 aliphatic carbocycles. The van der Waals surface area contributed by atoms with Gasteiger partial charge in [-0.3, -0.25) is 4.79 Å². The van der Waals surface area contributed by atoms with Crippen LogP contribution in [0.5, 0.6) is 0 Å². The van der Waals surface area contributed by atoms with Gasteiger partial charge >= 0.3 is 0 Å². The average Bonchev–Trinajstić information content (AvgIpc) is 2.70. The highest BCUT2D eigenvalue weighted by molar-refractivity contribution is 5.82. The molecule has 0 heterocycles. The lowest BCUT2D eigenvalue weighted by Crippen LogP contribution is -2.18. The van der Waals surface area contributed by atoms with Crippen LogP contribution in [0.2, 0.25) is 0 Å². The smallest absolute Gasteiger partial charge is 0.136 e. The van der Waals surface area contributed by atoms with E-state index in [0.29, 0.717) is 11.7 Å². The fraction of sp³-hybridized carbons (Fsp3) is 0.611. The number of Topliss-reactive ketones (excluding diaryl/α,β-unsaturated/α-hetero) is 1. The minimum Gasteiger partial charge on any atom is -0.299 e. The van der Waals surface area contributed by atoms with Crippen molar-refractivity contribution in [3.05, 3.63) is 35.4 Å². The lowest BCUT2D eigenvalue weighted by atomic mass is 9.88. The van der Waals surface area contributed by atoms with Gasteiger partial charge in [-0.1, -0.05) is 62.8 Å². The van der Waals surface area contributed by atoms with Gasteiger partial charge in [0.2, 0.25) is 0 Å². The van der Waals surface area contributed by atoms with Crippen LogP contribution in [-0.4, -0.2) is 5.78 Å². The molecule has 102 valence electrons. The first-order valence-electron chi connectivity index (χ1n) is 7.92. The molecule has 0 saturated heterocycles. The van der Waals surface area contributed by atoms with Gasteiger partial charge in [-0.15, -0.1) is 0 Å². The van der Waals surface area contributed by atoms with E-state index < -0.39 is 0 Å². The Balaban J connectivity index is 1.57. The number of benzene rings is 1. The predicted molar refractivity (Wildman–Crippen MR) is 78.2 cm³/mol. The van der Waals surface area contributed by atoms with Crippen LogP contribution in [0.1, 0.15) is 56.1 Å². The van der Waals surface area contributed by atoms with Crippen molar-refractivity contribution in [3.63, 3.8) is 0 Å². The highest BCUT2D eigenvalue weighted by atomic mass is 16.1. The third-order valence-corrected chi connectivity index (χ3v) is 4.97. The van der Waals surface area contributed by atoms with Crippen molar-refractivity contribution < 1.29 is 4.79 Å². The van der Waals surface area contributed by atoms with E-state index in [2.05, 4.69) is 24.3 Å². The monoisotopic (exact) mass is 256 g/mol. The summed E-state index contributed by atoms with van der Waals surface area (Å²) in [7, 11) is 0. The van der Waals surface area contributed by atoms with E-state index >= 15 is 0 Å². The Morgan fingerprint density at radius 3 is 2.11 bits per heavy atom. The van der Waals surface area contributed by atoms with Gasteiger partial charge in [0.15, 0.2) is 0 Å². The van der Waals surface area contributed by atoms with Crippen LogP contribution < -0.4 is 0 Å². The van der Waals surface area contributed by atoms with E-state index in [9.17, 15) is 4.79 Å². The standard InChI is InChI=1S/C18H24O/c19-18(11-14-7-3-1-2-4-8-14)17-12-15-9-5-6-10-16(15)13-17/h5-6,9-10,14,17H,1-4,7-8,11-13H2. The van der Waals surface area contributed by atoms with Gasteiger partial charge in [-0.2, -0.15) is 0 Å². The largest absolute Gasteiger partial charge is 0.299 e. The Morgan fingerprint density at radius 1 is 0.947 bits per heavy atom. The second-order valence-electron chi connectivity index (χ2n) is 6.40. The number of fused-ring (bicyclic) bond motifs is 1. The molecular formula is C18H24O. The molecule has 0 aliphatic heterocycles. The normalized spacial score (nSPS) is 21.1. The van der Waals surface area contributed by atoms with Crippen LogP contribution in [0, 0.1) is 11.8 Å². The summed E-state index contributed by atoms with van der Waals surface area (Å²) in [6.45, 7) is 0. The van der Waals surface area contributed by atoms with Gasteiger partial charge in [-0.05, 0) is 29.9 Å². The van der Waals surface area contributed by atoms with E-state index in [1.807, 2.05) is 0 Å². The Bertz CT molecular complexity index is 416. The molecule has 1 aromatic carbocycles. The summed E-state index contributed by atoms with van der Waals surface area (Å²) in [5.74, 6) is 1.49. The van der Waals surface area contributed by atoms with Gasteiger partial charge in [0.25, 0.3) is 0 Å². The summed E-state index contributed by atoms with van der Waals surface area (Å²) < 4.78 is 0. The molecule has 1 nitrogen and oxygen atoms in total. The second-order valence-corrected chi connectivity index (χ2v) is 6.40. The lowest BCUT2D eigenvalue weighted by molar-refractivity contribution is -0.123. The summed E-state index contributed by atoms with van der Waals surface area (Å²) >= 11 is 0. The van der Waals surface area contributed by atoms with Crippen molar-refractivity contribution >= 4 is 5.78 Å². The highest BCUT2D eigenvalue weighted by Gasteiger charge is 2.28. The summed E-state index contributed by atoms with van der Waals surface area (Å²) in [6, 6.07) is 8.57. The Kier molecular flexibility index (Phi) is 4.00. The molecule has 1 saturated carbocycles. The molecule has 2 aliphatic rings. The molecule has 0 amide bonds. The summed E-state index contributed by atoms with van der Waals surface area (Å²) in [5, 5.41) is 0. The van der Waals surface area contributed by atoms with Gasteiger partial charge in [0.1, 0.15) is 5.78 Å². The summed E-state index contributed by atoms with van der Waals surface area (Å²) in [4.78, 5) is 12.5. The third kappa shape index (κ3) is 3.08. The maximum Gasteiger partial charge on any atom is 0.136 e. The van der Waals surface area contributed by atoms with E-state index in [4.69, 9.17) is 0 Å². The molecule has 1 heteroatoms.